The highest BCUT2D eigenvalue weighted by molar-refractivity contribution is 6.33. The number of benzene rings is 2. The van der Waals surface area contributed by atoms with Crippen molar-refractivity contribution in [2.24, 2.45) is 11.7 Å². The van der Waals surface area contributed by atoms with E-state index >= 15 is 0 Å². The zero-order valence-corrected chi connectivity index (χ0v) is 12.3. The Bertz CT molecular complexity index is 653. The summed E-state index contributed by atoms with van der Waals surface area (Å²) in [5, 5.41) is 3.90. The van der Waals surface area contributed by atoms with Crippen LogP contribution in [0.15, 0.2) is 48.5 Å². The predicted molar refractivity (Wildman–Crippen MR) is 85.5 cm³/mol. The third kappa shape index (κ3) is 3.19. The van der Waals surface area contributed by atoms with Crippen molar-refractivity contribution in [1.29, 1.82) is 0 Å². The normalized spacial score (nSPS) is 15.5. The molecule has 1 atom stereocenters. The lowest BCUT2D eigenvalue weighted by Crippen LogP contribution is -2.15. The fourth-order valence-corrected chi connectivity index (χ4v) is 2.76. The Morgan fingerprint density at radius 2 is 1.90 bits per heavy atom. The standard InChI is InChI=1S/C17H17ClN2O/c18-15-9-8-13(10-14(15)17(19)21)20-16(12-6-7-12)11-4-2-1-3-5-11/h1-5,8-10,12,16,20H,6-7H2,(H2,19,21). The van der Waals surface area contributed by atoms with Gasteiger partial charge in [0.25, 0.3) is 0 Å². The van der Waals surface area contributed by atoms with E-state index in [1.54, 1.807) is 12.1 Å². The van der Waals surface area contributed by atoms with Crippen molar-refractivity contribution < 1.29 is 4.79 Å². The second-order valence-corrected chi connectivity index (χ2v) is 5.84. The van der Waals surface area contributed by atoms with Gasteiger partial charge in [0.15, 0.2) is 0 Å². The largest absolute Gasteiger partial charge is 0.378 e. The number of primary amides is 1. The van der Waals surface area contributed by atoms with Crippen molar-refractivity contribution in [1.82, 2.24) is 0 Å². The second kappa shape index (κ2) is 5.78. The molecular weight excluding hydrogens is 284 g/mol. The fraction of sp³-hybridized carbons (Fsp3) is 0.235. The summed E-state index contributed by atoms with van der Waals surface area (Å²) in [6.07, 6.45) is 2.45. The van der Waals surface area contributed by atoms with Crippen LogP contribution in [-0.4, -0.2) is 5.91 Å². The van der Waals surface area contributed by atoms with Gasteiger partial charge < -0.3 is 11.1 Å². The molecule has 1 aliphatic carbocycles. The molecule has 108 valence electrons. The van der Waals surface area contributed by atoms with Gasteiger partial charge in [0.05, 0.1) is 16.6 Å². The molecule has 3 N–H and O–H groups in total. The highest BCUT2D eigenvalue weighted by Crippen LogP contribution is 2.43. The minimum atomic E-state index is -0.508. The molecule has 0 heterocycles. The van der Waals surface area contributed by atoms with Crippen LogP contribution in [0.2, 0.25) is 5.02 Å². The number of carbonyl (C=O) groups excluding carboxylic acids is 1. The van der Waals surface area contributed by atoms with Crippen molar-refractivity contribution in [2.75, 3.05) is 5.32 Å². The third-order valence-corrected chi connectivity index (χ3v) is 4.14. The molecule has 1 unspecified atom stereocenters. The van der Waals surface area contributed by atoms with E-state index in [9.17, 15) is 4.79 Å². The lowest BCUT2D eigenvalue weighted by atomic mass is 10.0. The fourth-order valence-electron chi connectivity index (χ4n) is 2.55. The van der Waals surface area contributed by atoms with Gasteiger partial charge in [0.2, 0.25) is 5.91 Å². The Morgan fingerprint density at radius 3 is 2.52 bits per heavy atom. The van der Waals surface area contributed by atoms with Crippen molar-refractivity contribution in [3.05, 3.63) is 64.7 Å². The Kier molecular flexibility index (Phi) is 3.84. The number of amides is 1. The third-order valence-electron chi connectivity index (χ3n) is 3.81. The van der Waals surface area contributed by atoms with Crippen LogP contribution in [-0.2, 0) is 0 Å². The maximum Gasteiger partial charge on any atom is 0.250 e. The topological polar surface area (TPSA) is 55.1 Å². The summed E-state index contributed by atoms with van der Waals surface area (Å²) >= 11 is 5.99. The number of rotatable bonds is 5. The number of anilines is 1. The molecule has 2 aromatic rings. The van der Waals surface area contributed by atoms with Crippen molar-refractivity contribution >= 4 is 23.2 Å². The van der Waals surface area contributed by atoms with Crippen molar-refractivity contribution in [3.63, 3.8) is 0 Å². The van der Waals surface area contributed by atoms with Crippen LogP contribution in [0.1, 0.15) is 34.8 Å². The number of nitrogens with two attached hydrogens (primary N) is 1. The van der Waals surface area contributed by atoms with Gasteiger partial charge in [-0.1, -0.05) is 41.9 Å². The number of carbonyl (C=O) groups is 1. The molecule has 0 bridgehead atoms. The second-order valence-electron chi connectivity index (χ2n) is 5.43. The lowest BCUT2D eigenvalue weighted by Gasteiger charge is -2.20. The monoisotopic (exact) mass is 300 g/mol. The summed E-state index contributed by atoms with van der Waals surface area (Å²) < 4.78 is 0. The smallest absolute Gasteiger partial charge is 0.250 e. The number of halogens is 1. The zero-order valence-electron chi connectivity index (χ0n) is 11.6. The Morgan fingerprint density at radius 1 is 1.19 bits per heavy atom. The molecule has 4 heteroatoms. The van der Waals surface area contributed by atoms with Gasteiger partial charge in [0.1, 0.15) is 0 Å². The summed E-state index contributed by atoms with van der Waals surface area (Å²) in [4.78, 5) is 11.4. The van der Waals surface area contributed by atoms with Gasteiger partial charge in [-0.2, -0.15) is 0 Å². The van der Waals surface area contributed by atoms with E-state index in [2.05, 4.69) is 17.4 Å². The highest BCUT2D eigenvalue weighted by atomic mass is 35.5. The van der Waals surface area contributed by atoms with Crippen LogP contribution >= 0.6 is 11.6 Å². The lowest BCUT2D eigenvalue weighted by molar-refractivity contribution is 0.100. The molecule has 0 spiro atoms. The van der Waals surface area contributed by atoms with Gasteiger partial charge in [-0.3, -0.25) is 4.79 Å². The van der Waals surface area contributed by atoms with E-state index in [-0.39, 0.29) is 6.04 Å². The SMILES string of the molecule is NC(=O)c1cc(NC(c2ccccc2)C2CC2)ccc1Cl. The van der Waals surface area contributed by atoms with E-state index in [1.165, 1.54) is 18.4 Å². The average molecular weight is 301 g/mol. The molecule has 1 saturated carbocycles. The molecule has 1 aliphatic rings. The highest BCUT2D eigenvalue weighted by Gasteiger charge is 2.32. The van der Waals surface area contributed by atoms with Crippen LogP contribution in [0.5, 0.6) is 0 Å². The minimum absolute atomic E-state index is 0.258. The summed E-state index contributed by atoms with van der Waals surface area (Å²) in [5.41, 5.74) is 7.83. The average Bonchev–Trinajstić information content (AvgIpc) is 3.31. The molecule has 0 radical (unpaired) electrons. The molecule has 0 aromatic heterocycles. The van der Waals surface area contributed by atoms with Gasteiger partial charge in [-0.05, 0) is 42.5 Å². The van der Waals surface area contributed by atoms with Gasteiger partial charge in [-0.25, -0.2) is 0 Å². The molecule has 3 rings (SSSR count). The van der Waals surface area contributed by atoms with Crippen LogP contribution in [0.3, 0.4) is 0 Å². The summed E-state index contributed by atoms with van der Waals surface area (Å²) in [6.45, 7) is 0. The van der Waals surface area contributed by atoms with Crippen LogP contribution < -0.4 is 11.1 Å². The van der Waals surface area contributed by atoms with Crippen LogP contribution in [0.25, 0.3) is 0 Å². The molecule has 1 amide bonds. The molecule has 0 aliphatic heterocycles. The first-order chi connectivity index (χ1) is 10.1. The Labute approximate surface area is 129 Å². The maximum absolute atomic E-state index is 11.4. The van der Waals surface area contributed by atoms with Crippen molar-refractivity contribution in [3.8, 4) is 0 Å². The Balaban J connectivity index is 1.87. The molecule has 0 saturated heterocycles. The van der Waals surface area contributed by atoms with E-state index in [0.717, 1.165) is 5.69 Å². The van der Waals surface area contributed by atoms with E-state index < -0.39 is 5.91 Å². The van der Waals surface area contributed by atoms with Crippen LogP contribution in [0.4, 0.5) is 5.69 Å². The van der Waals surface area contributed by atoms with Gasteiger partial charge in [0, 0.05) is 5.69 Å². The first-order valence-corrected chi connectivity index (χ1v) is 7.44. The molecule has 2 aromatic carbocycles. The van der Waals surface area contributed by atoms with E-state index in [4.69, 9.17) is 17.3 Å². The predicted octanol–water partition coefficient (Wildman–Crippen LogP) is 4.00. The summed E-state index contributed by atoms with van der Waals surface area (Å²) in [5.74, 6) is 0.131. The maximum atomic E-state index is 11.4. The summed E-state index contributed by atoms with van der Waals surface area (Å²) in [6, 6.07) is 15.9. The first-order valence-electron chi connectivity index (χ1n) is 7.06. The summed E-state index contributed by atoms with van der Waals surface area (Å²) in [7, 11) is 0. The van der Waals surface area contributed by atoms with Crippen molar-refractivity contribution in [2.45, 2.75) is 18.9 Å². The van der Waals surface area contributed by atoms with Gasteiger partial charge >= 0.3 is 0 Å². The molecule has 21 heavy (non-hydrogen) atoms. The number of hydrogen-bond acceptors (Lipinski definition) is 2. The molecule has 3 nitrogen and oxygen atoms in total. The Hall–Kier alpha value is -2.00. The minimum Gasteiger partial charge on any atom is -0.378 e. The first kappa shape index (κ1) is 14.0. The molecular formula is C17H17ClN2O. The van der Waals surface area contributed by atoms with Crippen LogP contribution in [0, 0.1) is 5.92 Å². The molecule has 1 fully saturated rings. The quantitative estimate of drug-likeness (QED) is 0.877. The van der Waals surface area contributed by atoms with Gasteiger partial charge in [-0.15, -0.1) is 0 Å². The van der Waals surface area contributed by atoms with E-state index in [1.807, 2.05) is 24.3 Å². The van der Waals surface area contributed by atoms with E-state index in [0.29, 0.717) is 16.5 Å². The zero-order chi connectivity index (χ0) is 14.8. The number of hydrogen-bond donors (Lipinski definition) is 2. The number of nitrogens with one attached hydrogen (secondary N) is 1.